The quantitative estimate of drug-likeness (QED) is 0.899. The number of nitrogens with one attached hydrogen (secondary N) is 1. The Labute approximate surface area is 102 Å². The van der Waals surface area contributed by atoms with Gasteiger partial charge in [0.25, 0.3) is 6.43 Å². The first-order valence-electron chi connectivity index (χ1n) is 4.89. The third-order valence-electron chi connectivity index (χ3n) is 2.25. The van der Waals surface area contributed by atoms with E-state index in [0.717, 1.165) is 15.8 Å². The Morgan fingerprint density at radius 1 is 1.44 bits per heavy atom. The zero-order valence-electron chi connectivity index (χ0n) is 9.14. The molecule has 0 saturated heterocycles. The Hall–Kier alpha value is -0.680. The summed E-state index contributed by atoms with van der Waals surface area (Å²) >= 11 is 3.35. The molecule has 16 heavy (non-hydrogen) atoms. The van der Waals surface area contributed by atoms with Gasteiger partial charge in [0.15, 0.2) is 0 Å². The van der Waals surface area contributed by atoms with E-state index in [0.29, 0.717) is 0 Å². The van der Waals surface area contributed by atoms with Crippen molar-refractivity contribution in [1.82, 2.24) is 5.32 Å². The lowest BCUT2D eigenvalue weighted by Gasteiger charge is -2.15. The Bertz CT molecular complexity index is 347. The molecule has 0 aliphatic rings. The van der Waals surface area contributed by atoms with Crippen molar-refractivity contribution in [3.8, 4) is 5.75 Å². The van der Waals surface area contributed by atoms with Crippen LogP contribution in [0.4, 0.5) is 8.78 Å². The van der Waals surface area contributed by atoms with E-state index in [4.69, 9.17) is 4.74 Å². The fourth-order valence-corrected chi connectivity index (χ4v) is 1.89. The van der Waals surface area contributed by atoms with Gasteiger partial charge in [0.1, 0.15) is 5.75 Å². The summed E-state index contributed by atoms with van der Waals surface area (Å²) in [6.45, 7) is 1.54. The van der Waals surface area contributed by atoms with Crippen molar-refractivity contribution in [2.45, 2.75) is 19.4 Å². The lowest BCUT2D eigenvalue weighted by molar-refractivity contribution is 0.142. The van der Waals surface area contributed by atoms with Gasteiger partial charge in [0, 0.05) is 6.04 Å². The summed E-state index contributed by atoms with van der Waals surface area (Å²) in [5.41, 5.74) is 0.938. The molecule has 2 nitrogen and oxygen atoms in total. The van der Waals surface area contributed by atoms with Gasteiger partial charge < -0.3 is 10.1 Å². The molecule has 0 aromatic heterocycles. The number of rotatable bonds is 5. The Morgan fingerprint density at radius 2 is 2.12 bits per heavy atom. The van der Waals surface area contributed by atoms with Crippen LogP contribution in [-0.2, 0) is 0 Å². The highest BCUT2D eigenvalue weighted by atomic mass is 79.9. The number of hydrogen-bond donors (Lipinski definition) is 1. The van der Waals surface area contributed by atoms with Gasteiger partial charge in [0.2, 0.25) is 0 Å². The molecule has 1 atom stereocenters. The summed E-state index contributed by atoms with van der Waals surface area (Å²) in [4.78, 5) is 0. The number of ether oxygens (including phenoxy) is 1. The van der Waals surface area contributed by atoms with Crippen molar-refractivity contribution >= 4 is 15.9 Å². The predicted molar refractivity (Wildman–Crippen MR) is 63.1 cm³/mol. The summed E-state index contributed by atoms with van der Waals surface area (Å²) < 4.78 is 29.9. The van der Waals surface area contributed by atoms with Crippen LogP contribution >= 0.6 is 15.9 Å². The zero-order valence-corrected chi connectivity index (χ0v) is 10.7. The number of methoxy groups -OCH3 is 1. The number of alkyl halides is 2. The monoisotopic (exact) mass is 293 g/mol. The van der Waals surface area contributed by atoms with Crippen molar-refractivity contribution < 1.29 is 13.5 Å². The smallest absolute Gasteiger partial charge is 0.250 e. The van der Waals surface area contributed by atoms with Crippen LogP contribution in [-0.4, -0.2) is 20.1 Å². The van der Waals surface area contributed by atoms with Crippen molar-refractivity contribution in [1.29, 1.82) is 0 Å². The van der Waals surface area contributed by atoms with Crippen molar-refractivity contribution in [3.63, 3.8) is 0 Å². The van der Waals surface area contributed by atoms with Gasteiger partial charge in [-0.2, -0.15) is 0 Å². The van der Waals surface area contributed by atoms with E-state index in [1.54, 1.807) is 13.2 Å². The molecule has 1 aromatic rings. The second-order valence-corrected chi connectivity index (χ2v) is 4.27. The average Bonchev–Trinajstić information content (AvgIpc) is 2.25. The van der Waals surface area contributed by atoms with E-state index < -0.39 is 6.43 Å². The first-order valence-corrected chi connectivity index (χ1v) is 5.69. The van der Waals surface area contributed by atoms with E-state index in [1.165, 1.54) is 0 Å². The molecule has 0 heterocycles. The molecular weight excluding hydrogens is 280 g/mol. The van der Waals surface area contributed by atoms with Crippen molar-refractivity contribution in [3.05, 3.63) is 28.2 Å². The predicted octanol–water partition coefficient (Wildman–Crippen LogP) is 3.37. The maximum Gasteiger partial charge on any atom is 0.250 e. The average molecular weight is 294 g/mol. The Morgan fingerprint density at radius 3 is 2.62 bits per heavy atom. The van der Waals surface area contributed by atoms with Gasteiger partial charge in [-0.3, -0.25) is 0 Å². The molecule has 0 saturated carbocycles. The van der Waals surface area contributed by atoms with Crippen LogP contribution in [0, 0.1) is 0 Å². The van der Waals surface area contributed by atoms with Crippen LogP contribution < -0.4 is 10.1 Å². The van der Waals surface area contributed by atoms with Crippen LogP contribution in [0.2, 0.25) is 0 Å². The minimum absolute atomic E-state index is 0.115. The van der Waals surface area contributed by atoms with E-state index >= 15 is 0 Å². The summed E-state index contributed by atoms with van der Waals surface area (Å²) in [5, 5.41) is 2.75. The molecule has 90 valence electrons. The van der Waals surface area contributed by atoms with Gasteiger partial charge in [-0.25, -0.2) is 8.78 Å². The zero-order chi connectivity index (χ0) is 12.1. The third kappa shape index (κ3) is 3.72. The van der Waals surface area contributed by atoms with E-state index in [9.17, 15) is 8.78 Å². The number of hydrogen-bond acceptors (Lipinski definition) is 2. The first kappa shape index (κ1) is 13.4. The maximum absolute atomic E-state index is 12.0. The standard InChI is InChI=1S/C11H14BrF2NO/c1-7(15-6-11(13)14)8-3-4-10(16-2)9(12)5-8/h3-5,7,11,15H,6H2,1-2H3. The van der Waals surface area contributed by atoms with Gasteiger partial charge in [0.05, 0.1) is 18.1 Å². The maximum atomic E-state index is 12.0. The summed E-state index contributed by atoms with van der Waals surface area (Å²) in [6, 6.07) is 5.41. The molecule has 1 rings (SSSR count). The highest BCUT2D eigenvalue weighted by Gasteiger charge is 2.10. The van der Waals surface area contributed by atoms with Crippen LogP contribution in [0.1, 0.15) is 18.5 Å². The topological polar surface area (TPSA) is 21.3 Å². The molecule has 0 spiro atoms. The summed E-state index contributed by atoms with van der Waals surface area (Å²) in [7, 11) is 1.58. The highest BCUT2D eigenvalue weighted by Crippen LogP contribution is 2.27. The minimum Gasteiger partial charge on any atom is -0.496 e. The number of benzene rings is 1. The van der Waals surface area contributed by atoms with Gasteiger partial charge in [-0.1, -0.05) is 6.07 Å². The lowest BCUT2D eigenvalue weighted by atomic mass is 10.1. The lowest BCUT2D eigenvalue weighted by Crippen LogP contribution is -2.24. The van der Waals surface area contributed by atoms with Gasteiger partial charge >= 0.3 is 0 Å². The Kier molecular flexibility index (Phi) is 5.15. The fourth-order valence-electron chi connectivity index (χ4n) is 1.34. The molecule has 5 heteroatoms. The molecule has 0 radical (unpaired) electrons. The van der Waals surface area contributed by atoms with E-state index in [1.807, 2.05) is 19.1 Å². The second-order valence-electron chi connectivity index (χ2n) is 3.42. The van der Waals surface area contributed by atoms with E-state index in [-0.39, 0.29) is 12.6 Å². The molecule has 0 aliphatic carbocycles. The second kappa shape index (κ2) is 6.15. The molecule has 1 aromatic carbocycles. The Balaban J connectivity index is 2.69. The van der Waals surface area contributed by atoms with Gasteiger partial charge in [-0.15, -0.1) is 0 Å². The van der Waals surface area contributed by atoms with E-state index in [2.05, 4.69) is 21.2 Å². The normalized spacial score (nSPS) is 12.9. The molecule has 1 unspecified atom stereocenters. The largest absolute Gasteiger partial charge is 0.496 e. The number of halogens is 3. The van der Waals surface area contributed by atoms with Gasteiger partial charge in [-0.05, 0) is 40.5 Å². The molecule has 0 amide bonds. The summed E-state index contributed by atoms with van der Waals surface area (Å²) in [6.07, 6.45) is -2.33. The fraction of sp³-hybridized carbons (Fsp3) is 0.455. The third-order valence-corrected chi connectivity index (χ3v) is 2.87. The van der Waals surface area contributed by atoms with Crippen LogP contribution in [0.5, 0.6) is 5.75 Å². The molecule has 0 bridgehead atoms. The van der Waals surface area contributed by atoms with Crippen LogP contribution in [0.25, 0.3) is 0 Å². The summed E-state index contributed by atoms with van der Waals surface area (Å²) in [5.74, 6) is 0.727. The minimum atomic E-state index is -2.33. The molecule has 0 fully saturated rings. The van der Waals surface area contributed by atoms with Crippen LogP contribution in [0.3, 0.4) is 0 Å². The highest BCUT2D eigenvalue weighted by molar-refractivity contribution is 9.10. The molecule has 1 N–H and O–H groups in total. The SMILES string of the molecule is COc1ccc(C(C)NCC(F)F)cc1Br. The first-order chi connectivity index (χ1) is 7.54. The molecular formula is C11H14BrF2NO. The van der Waals surface area contributed by atoms with Crippen molar-refractivity contribution in [2.24, 2.45) is 0 Å². The van der Waals surface area contributed by atoms with Crippen LogP contribution in [0.15, 0.2) is 22.7 Å². The molecule has 0 aliphatic heterocycles. The van der Waals surface area contributed by atoms with Crippen molar-refractivity contribution in [2.75, 3.05) is 13.7 Å².